The van der Waals surface area contributed by atoms with Crippen LogP contribution in [0.1, 0.15) is 12.8 Å². The summed E-state index contributed by atoms with van der Waals surface area (Å²) < 4.78 is 7.79. The van der Waals surface area contributed by atoms with Gasteiger partial charge in [0.1, 0.15) is 5.75 Å². The first-order chi connectivity index (χ1) is 13.3. The first kappa shape index (κ1) is 18.8. The minimum Gasteiger partial charge on any atom is -0.494 e. The molecular weight excluding hydrogens is 338 g/mol. The molecule has 0 fully saturated rings. The van der Waals surface area contributed by atoms with Crippen molar-refractivity contribution in [1.29, 1.82) is 0 Å². The van der Waals surface area contributed by atoms with Crippen LogP contribution in [-0.2, 0) is 6.54 Å². The van der Waals surface area contributed by atoms with Crippen molar-refractivity contribution in [2.75, 3.05) is 26.7 Å². The van der Waals surface area contributed by atoms with Gasteiger partial charge >= 0.3 is 0 Å². The highest BCUT2D eigenvalue weighted by atomic mass is 16.5. The third-order valence-electron chi connectivity index (χ3n) is 4.24. The molecule has 142 valence electrons. The minimum atomic E-state index is 0.668. The molecule has 0 spiro atoms. The Hall–Kier alpha value is -3.02. The van der Waals surface area contributed by atoms with Crippen LogP contribution in [0.25, 0.3) is 10.8 Å². The molecule has 6 heteroatoms. The zero-order chi connectivity index (χ0) is 18.7. The van der Waals surface area contributed by atoms with E-state index in [0.717, 1.165) is 44.2 Å². The lowest BCUT2D eigenvalue weighted by Crippen LogP contribution is -2.38. The fourth-order valence-corrected chi connectivity index (χ4v) is 2.83. The molecule has 0 saturated heterocycles. The van der Waals surface area contributed by atoms with Gasteiger partial charge in [-0.15, -0.1) is 0 Å². The number of hydrogen-bond donors (Lipinski definition) is 2. The Morgan fingerprint density at radius 1 is 1.04 bits per heavy atom. The maximum atomic E-state index is 5.86. The molecule has 1 heterocycles. The van der Waals surface area contributed by atoms with Crippen molar-refractivity contribution in [2.24, 2.45) is 4.99 Å². The smallest absolute Gasteiger partial charge is 0.190 e. The summed E-state index contributed by atoms with van der Waals surface area (Å²) in [6.45, 7) is 3.23. The minimum absolute atomic E-state index is 0.668. The van der Waals surface area contributed by atoms with Crippen LogP contribution in [0.15, 0.2) is 65.9 Å². The summed E-state index contributed by atoms with van der Waals surface area (Å²) in [5.74, 6) is 1.73. The Labute approximate surface area is 160 Å². The summed E-state index contributed by atoms with van der Waals surface area (Å²) in [7, 11) is 1.79. The van der Waals surface area contributed by atoms with Gasteiger partial charge in [0.25, 0.3) is 0 Å². The molecule has 3 rings (SSSR count). The lowest BCUT2D eigenvalue weighted by Gasteiger charge is -2.12. The van der Waals surface area contributed by atoms with Crippen LogP contribution in [0, 0.1) is 0 Å². The highest BCUT2D eigenvalue weighted by molar-refractivity contribution is 5.83. The van der Waals surface area contributed by atoms with E-state index < -0.39 is 0 Å². The number of rotatable bonds is 9. The molecule has 3 aromatic rings. The van der Waals surface area contributed by atoms with Gasteiger partial charge in [-0.1, -0.05) is 30.3 Å². The number of aryl methyl sites for hydroxylation is 1. The van der Waals surface area contributed by atoms with Crippen LogP contribution in [0.3, 0.4) is 0 Å². The van der Waals surface area contributed by atoms with Gasteiger partial charge in [-0.2, -0.15) is 5.10 Å². The zero-order valence-electron chi connectivity index (χ0n) is 15.8. The Bertz CT molecular complexity index is 845. The van der Waals surface area contributed by atoms with Crippen molar-refractivity contribution in [3.63, 3.8) is 0 Å². The van der Waals surface area contributed by atoms with Crippen molar-refractivity contribution < 1.29 is 4.74 Å². The Balaban J connectivity index is 1.30. The lowest BCUT2D eigenvalue weighted by atomic mass is 10.1. The van der Waals surface area contributed by atoms with Gasteiger partial charge in [-0.3, -0.25) is 9.67 Å². The van der Waals surface area contributed by atoms with E-state index in [2.05, 4.69) is 45.0 Å². The highest BCUT2D eigenvalue weighted by Gasteiger charge is 1.99. The molecular formula is C21H27N5O. The first-order valence-electron chi connectivity index (χ1n) is 9.39. The van der Waals surface area contributed by atoms with E-state index in [1.165, 1.54) is 10.8 Å². The number of guanidine groups is 1. The second-order valence-electron chi connectivity index (χ2n) is 6.26. The number of nitrogens with one attached hydrogen (secondary N) is 2. The second kappa shape index (κ2) is 10.2. The molecule has 0 bridgehead atoms. The molecule has 27 heavy (non-hydrogen) atoms. The predicted octanol–water partition coefficient (Wildman–Crippen LogP) is 3.06. The summed E-state index contributed by atoms with van der Waals surface area (Å²) >= 11 is 0. The van der Waals surface area contributed by atoms with Crippen LogP contribution >= 0.6 is 0 Å². The van der Waals surface area contributed by atoms with Crippen LogP contribution < -0.4 is 15.4 Å². The molecule has 0 atom stereocenters. The van der Waals surface area contributed by atoms with Gasteiger partial charge in [0, 0.05) is 39.1 Å². The van der Waals surface area contributed by atoms with Gasteiger partial charge in [0.05, 0.1) is 6.61 Å². The first-order valence-corrected chi connectivity index (χ1v) is 9.39. The van der Waals surface area contributed by atoms with E-state index in [4.69, 9.17) is 4.74 Å². The van der Waals surface area contributed by atoms with E-state index in [9.17, 15) is 0 Å². The van der Waals surface area contributed by atoms with Crippen molar-refractivity contribution in [3.8, 4) is 5.75 Å². The predicted molar refractivity (Wildman–Crippen MR) is 110 cm³/mol. The summed E-state index contributed by atoms with van der Waals surface area (Å²) in [4.78, 5) is 4.24. The van der Waals surface area contributed by atoms with Crippen LogP contribution in [0.5, 0.6) is 5.75 Å². The number of aliphatic imine (C=N–C) groups is 1. The van der Waals surface area contributed by atoms with Crippen LogP contribution in [-0.4, -0.2) is 42.5 Å². The Morgan fingerprint density at radius 3 is 2.63 bits per heavy atom. The summed E-state index contributed by atoms with van der Waals surface area (Å²) in [5.41, 5.74) is 0. The second-order valence-corrected chi connectivity index (χ2v) is 6.26. The molecule has 1 aromatic heterocycles. The van der Waals surface area contributed by atoms with Gasteiger partial charge in [0.15, 0.2) is 5.96 Å². The average Bonchev–Trinajstić information content (AvgIpc) is 3.22. The number of fused-ring (bicyclic) bond motifs is 1. The quantitative estimate of drug-likeness (QED) is 0.348. The fourth-order valence-electron chi connectivity index (χ4n) is 2.83. The molecule has 0 unspecified atom stereocenters. The van der Waals surface area contributed by atoms with E-state index in [0.29, 0.717) is 6.61 Å². The van der Waals surface area contributed by atoms with Gasteiger partial charge in [-0.25, -0.2) is 0 Å². The van der Waals surface area contributed by atoms with Crippen molar-refractivity contribution in [2.45, 2.75) is 19.4 Å². The standard InChI is InChI=1S/C21H27N5O/c1-22-21(23-11-4-14-26-15-5-13-25-26)24-12-6-16-27-20-10-9-18-7-2-3-8-19(18)17-20/h2-3,5,7-10,13,15,17H,4,6,11-12,14,16H2,1H3,(H2,22,23,24). The molecule has 0 aliphatic heterocycles. The normalized spacial score (nSPS) is 11.5. The number of nitrogens with zero attached hydrogens (tertiary/aromatic N) is 3. The van der Waals surface area contributed by atoms with Crippen molar-refractivity contribution in [3.05, 3.63) is 60.9 Å². The van der Waals surface area contributed by atoms with Crippen molar-refractivity contribution >= 4 is 16.7 Å². The molecule has 0 saturated carbocycles. The number of benzene rings is 2. The van der Waals surface area contributed by atoms with Crippen LogP contribution in [0.4, 0.5) is 0 Å². The summed E-state index contributed by atoms with van der Waals surface area (Å²) in [6.07, 6.45) is 5.67. The van der Waals surface area contributed by atoms with Gasteiger partial charge in [-0.05, 0) is 41.8 Å². The fraction of sp³-hybridized carbons (Fsp3) is 0.333. The van der Waals surface area contributed by atoms with Crippen LogP contribution in [0.2, 0.25) is 0 Å². The van der Waals surface area contributed by atoms with E-state index >= 15 is 0 Å². The average molecular weight is 365 g/mol. The van der Waals surface area contributed by atoms with E-state index in [1.54, 1.807) is 13.2 Å². The SMILES string of the molecule is CN=C(NCCCOc1ccc2ccccc2c1)NCCCn1cccn1. The Morgan fingerprint density at radius 2 is 1.85 bits per heavy atom. The zero-order valence-corrected chi connectivity index (χ0v) is 15.8. The molecule has 2 aromatic carbocycles. The van der Waals surface area contributed by atoms with E-state index in [1.807, 2.05) is 35.1 Å². The van der Waals surface area contributed by atoms with Gasteiger partial charge < -0.3 is 15.4 Å². The third-order valence-corrected chi connectivity index (χ3v) is 4.24. The third kappa shape index (κ3) is 6.02. The molecule has 0 amide bonds. The molecule has 0 radical (unpaired) electrons. The number of aromatic nitrogens is 2. The topological polar surface area (TPSA) is 63.5 Å². The number of hydrogen-bond acceptors (Lipinski definition) is 3. The number of ether oxygens (including phenoxy) is 1. The molecule has 2 N–H and O–H groups in total. The van der Waals surface area contributed by atoms with Gasteiger partial charge in [0.2, 0.25) is 0 Å². The maximum Gasteiger partial charge on any atom is 0.190 e. The maximum absolute atomic E-state index is 5.86. The summed E-state index contributed by atoms with van der Waals surface area (Å²) in [5, 5.41) is 13.3. The van der Waals surface area contributed by atoms with E-state index in [-0.39, 0.29) is 0 Å². The Kier molecular flexibility index (Phi) is 7.09. The largest absolute Gasteiger partial charge is 0.494 e. The van der Waals surface area contributed by atoms with Crippen molar-refractivity contribution in [1.82, 2.24) is 20.4 Å². The molecule has 0 aliphatic carbocycles. The molecule has 0 aliphatic rings. The lowest BCUT2D eigenvalue weighted by molar-refractivity contribution is 0.311. The highest BCUT2D eigenvalue weighted by Crippen LogP contribution is 2.20. The summed E-state index contributed by atoms with van der Waals surface area (Å²) in [6, 6.07) is 16.4. The molecule has 6 nitrogen and oxygen atoms in total. The monoisotopic (exact) mass is 365 g/mol.